The third kappa shape index (κ3) is 6.36. The van der Waals surface area contributed by atoms with Crippen molar-refractivity contribution in [2.45, 2.75) is 13.5 Å². The molecular formula is C17H16Cl3N3OS. The summed E-state index contributed by atoms with van der Waals surface area (Å²) in [4.78, 5) is 0. The van der Waals surface area contributed by atoms with E-state index in [-0.39, 0.29) is 0 Å². The van der Waals surface area contributed by atoms with Gasteiger partial charge in [-0.1, -0.05) is 40.9 Å². The van der Waals surface area contributed by atoms with Crippen molar-refractivity contribution in [2.75, 3.05) is 6.54 Å². The first-order chi connectivity index (χ1) is 12.0. The number of nitrogens with one attached hydrogen (secondary N) is 2. The van der Waals surface area contributed by atoms with Crippen LogP contribution >= 0.6 is 47.0 Å². The van der Waals surface area contributed by atoms with Gasteiger partial charge in [0.2, 0.25) is 0 Å². The average molecular weight is 417 g/mol. The van der Waals surface area contributed by atoms with Crippen molar-refractivity contribution in [3.63, 3.8) is 0 Å². The van der Waals surface area contributed by atoms with Crippen LogP contribution in [0.5, 0.6) is 5.75 Å². The lowest BCUT2D eigenvalue weighted by Crippen LogP contribution is -2.31. The molecule has 0 aliphatic carbocycles. The fourth-order valence-corrected chi connectivity index (χ4v) is 2.75. The van der Waals surface area contributed by atoms with Gasteiger partial charge in [0, 0.05) is 32.7 Å². The predicted octanol–water partition coefficient (Wildman–Crippen LogP) is 5.04. The van der Waals surface area contributed by atoms with Gasteiger partial charge in [-0.2, -0.15) is 5.10 Å². The van der Waals surface area contributed by atoms with Gasteiger partial charge in [0.25, 0.3) is 0 Å². The first kappa shape index (κ1) is 19.8. The predicted molar refractivity (Wildman–Crippen MR) is 109 cm³/mol. The van der Waals surface area contributed by atoms with E-state index < -0.39 is 0 Å². The standard InChI is InChI=1S/C17H16Cl3N3OS/c1-2-21-17(25)23-22-9-12-7-13(18)5-6-16(12)24-10-11-3-4-14(19)8-15(11)20/h3-9H,2,10H2,1H3,(H2,21,23,25)/b22-9+. The van der Waals surface area contributed by atoms with Gasteiger partial charge in [0.1, 0.15) is 12.4 Å². The van der Waals surface area contributed by atoms with Crippen LogP contribution in [0.2, 0.25) is 15.1 Å². The van der Waals surface area contributed by atoms with E-state index in [0.29, 0.717) is 44.6 Å². The van der Waals surface area contributed by atoms with Gasteiger partial charge in [-0.15, -0.1) is 0 Å². The molecule has 2 N–H and O–H groups in total. The summed E-state index contributed by atoms with van der Waals surface area (Å²) in [5.74, 6) is 0.621. The highest BCUT2D eigenvalue weighted by atomic mass is 35.5. The minimum Gasteiger partial charge on any atom is -0.488 e. The van der Waals surface area contributed by atoms with Crippen molar-refractivity contribution in [3.8, 4) is 5.75 Å². The van der Waals surface area contributed by atoms with Gasteiger partial charge in [0.15, 0.2) is 5.11 Å². The Balaban J connectivity index is 2.09. The van der Waals surface area contributed by atoms with Crippen molar-refractivity contribution in [3.05, 3.63) is 62.6 Å². The minimum absolute atomic E-state index is 0.293. The quantitative estimate of drug-likeness (QED) is 0.393. The molecule has 0 aliphatic heterocycles. The Labute approximate surface area is 167 Å². The van der Waals surface area contributed by atoms with Crippen molar-refractivity contribution in [1.82, 2.24) is 10.7 Å². The molecule has 0 amide bonds. The first-order valence-electron chi connectivity index (χ1n) is 7.42. The van der Waals surface area contributed by atoms with Crippen molar-refractivity contribution in [1.29, 1.82) is 0 Å². The fraction of sp³-hybridized carbons (Fsp3) is 0.176. The lowest BCUT2D eigenvalue weighted by atomic mass is 10.2. The molecule has 2 aromatic carbocycles. The monoisotopic (exact) mass is 415 g/mol. The van der Waals surface area contributed by atoms with Gasteiger partial charge in [-0.05, 0) is 49.5 Å². The molecule has 0 saturated heterocycles. The normalized spacial score (nSPS) is 10.7. The number of benzene rings is 2. The van der Waals surface area contributed by atoms with E-state index in [1.807, 2.05) is 13.0 Å². The third-order valence-corrected chi connectivity index (χ3v) is 4.13. The van der Waals surface area contributed by atoms with E-state index in [1.165, 1.54) is 0 Å². The Bertz CT molecular complexity index is 784. The Morgan fingerprint density at radius 2 is 1.88 bits per heavy atom. The molecule has 2 rings (SSSR count). The highest BCUT2D eigenvalue weighted by Gasteiger charge is 2.06. The summed E-state index contributed by atoms with van der Waals surface area (Å²) in [6.07, 6.45) is 1.59. The molecule has 0 fully saturated rings. The highest BCUT2D eigenvalue weighted by molar-refractivity contribution is 7.80. The van der Waals surface area contributed by atoms with Crippen LogP contribution in [0.4, 0.5) is 0 Å². The highest BCUT2D eigenvalue weighted by Crippen LogP contribution is 2.25. The largest absolute Gasteiger partial charge is 0.488 e. The van der Waals surface area contributed by atoms with E-state index in [9.17, 15) is 0 Å². The molecular weight excluding hydrogens is 401 g/mol. The lowest BCUT2D eigenvalue weighted by Gasteiger charge is -2.11. The minimum atomic E-state index is 0.293. The third-order valence-electron chi connectivity index (χ3n) is 3.08. The molecule has 0 atom stereocenters. The Morgan fingerprint density at radius 1 is 1.16 bits per heavy atom. The zero-order valence-electron chi connectivity index (χ0n) is 13.4. The Morgan fingerprint density at radius 3 is 2.60 bits per heavy atom. The number of hydrazone groups is 1. The van der Waals surface area contributed by atoms with Gasteiger partial charge >= 0.3 is 0 Å². The molecule has 0 aromatic heterocycles. The molecule has 0 spiro atoms. The Hall–Kier alpha value is -1.53. The summed E-state index contributed by atoms with van der Waals surface area (Å²) in [7, 11) is 0. The summed E-state index contributed by atoms with van der Waals surface area (Å²) in [5, 5.41) is 9.17. The number of nitrogens with zero attached hydrogens (tertiary/aromatic N) is 1. The SMILES string of the molecule is CCNC(=S)N/N=C/c1cc(Cl)ccc1OCc1ccc(Cl)cc1Cl. The molecule has 0 radical (unpaired) electrons. The van der Waals surface area contributed by atoms with Crippen LogP contribution < -0.4 is 15.5 Å². The van der Waals surface area contributed by atoms with Gasteiger partial charge < -0.3 is 10.1 Å². The molecule has 132 valence electrons. The van der Waals surface area contributed by atoms with Crippen molar-refractivity contribution >= 4 is 58.3 Å². The van der Waals surface area contributed by atoms with Crippen LogP contribution in [0.3, 0.4) is 0 Å². The van der Waals surface area contributed by atoms with Gasteiger partial charge in [0.05, 0.1) is 6.21 Å². The summed E-state index contributed by atoms with van der Waals surface area (Å²) in [6.45, 7) is 2.96. The maximum absolute atomic E-state index is 6.17. The fourth-order valence-electron chi connectivity index (χ4n) is 1.91. The molecule has 0 unspecified atom stereocenters. The number of hydrogen-bond donors (Lipinski definition) is 2. The number of hydrogen-bond acceptors (Lipinski definition) is 3. The molecule has 8 heteroatoms. The zero-order chi connectivity index (χ0) is 18.2. The van der Waals surface area contributed by atoms with Crippen LogP contribution in [0.25, 0.3) is 0 Å². The van der Waals surface area contributed by atoms with E-state index in [4.69, 9.17) is 51.8 Å². The van der Waals surface area contributed by atoms with Crippen molar-refractivity contribution in [2.24, 2.45) is 5.10 Å². The Kier molecular flexibility index (Phi) is 7.78. The number of ether oxygens (including phenoxy) is 1. The van der Waals surface area contributed by atoms with E-state index in [1.54, 1.807) is 36.5 Å². The molecule has 2 aromatic rings. The molecule has 0 heterocycles. The molecule has 4 nitrogen and oxygen atoms in total. The maximum atomic E-state index is 6.17. The van der Waals surface area contributed by atoms with Gasteiger partial charge in [-0.25, -0.2) is 0 Å². The van der Waals surface area contributed by atoms with Crippen LogP contribution in [0.15, 0.2) is 41.5 Å². The van der Waals surface area contributed by atoms with E-state index in [0.717, 1.165) is 5.56 Å². The summed E-state index contributed by atoms with van der Waals surface area (Å²) in [5.41, 5.74) is 4.26. The van der Waals surface area contributed by atoms with Crippen LogP contribution in [-0.2, 0) is 6.61 Å². The summed E-state index contributed by atoms with van der Waals surface area (Å²) in [6, 6.07) is 10.5. The lowest BCUT2D eigenvalue weighted by molar-refractivity contribution is 0.306. The van der Waals surface area contributed by atoms with E-state index >= 15 is 0 Å². The molecule has 25 heavy (non-hydrogen) atoms. The second kappa shape index (κ2) is 9.82. The summed E-state index contributed by atoms with van der Waals surface area (Å²) >= 11 is 23.2. The molecule has 0 bridgehead atoms. The van der Waals surface area contributed by atoms with Crippen LogP contribution in [0, 0.1) is 0 Å². The van der Waals surface area contributed by atoms with Crippen LogP contribution in [-0.4, -0.2) is 17.9 Å². The average Bonchev–Trinajstić information content (AvgIpc) is 2.56. The first-order valence-corrected chi connectivity index (χ1v) is 8.97. The second-order valence-corrected chi connectivity index (χ2v) is 6.62. The smallest absolute Gasteiger partial charge is 0.186 e. The number of rotatable bonds is 6. The molecule has 0 aliphatic rings. The van der Waals surface area contributed by atoms with Crippen LogP contribution in [0.1, 0.15) is 18.1 Å². The van der Waals surface area contributed by atoms with E-state index in [2.05, 4.69) is 15.8 Å². The van der Waals surface area contributed by atoms with Gasteiger partial charge in [-0.3, -0.25) is 5.43 Å². The molecule has 0 saturated carbocycles. The maximum Gasteiger partial charge on any atom is 0.186 e. The van der Waals surface area contributed by atoms with Crippen molar-refractivity contribution < 1.29 is 4.74 Å². The second-order valence-electron chi connectivity index (χ2n) is 4.94. The zero-order valence-corrected chi connectivity index (χ0v) is 16.4. The number of halogens is 3. The topological polar surface area (TPSA) is 45.7 Å². The number of thiocarbonyl (C=S) groups is 1. The summed E-state index contributed by atoms with van der Waals surface area (Å²) < 4.78 is 5.85.